The van der Waals surface area contributed by atoms with Crippen LogP contribution in [0.15, 0.2) is 115 Å². The molecule has 0 atom stereocenters. The van der Waals surface area contributed by atoms with Crippen molar-refractivity contribution in [1.29, 1.82) is 0 Å². The Hall–Kier alpha value is -4.64. The summed E-state index contributed by atoms with van der Waals surface area (Å²) < 4.78 is 23.4. The SMILES string of the molecule is COc1ccc(-c2cn3c(-c4ccccc4)c(-c4ccccc4)nc3n2-c2ccc(F)cc2)cc1. The lowest BCUT2D eigenvalue weighted by Crippen LogP contribution is -1.98. The van der Waals surface area contributed by atoms with E-state index in [0.717, 1.165) is 51.0 Å². The lowest BCUT2D eigenvalue weighted by Gasteiger charge is -2.10. The molecule has 0 spiro atoms. The molecule has 170 valence electrons. The number of nitrogens with zero attached hydrogens (tertiary/aromatic N) is 3. The van der Waals surface area contributed by atoms with Gasteiger partial charge in [-0.3, -0.25) is 8.97 Å². The number of ether oxygens (including phenoxy) is 1. The largest absolute Gasteiger partial charge is 0.497 e. The summed E-state index contributed by atoms with van der Waals surface area (Å²) in [6.07, 6.45) is 2.10. The van der Waals surface area contributed by atoms with Gasteiger partial charge in [-0.2, -0.15) is 0 Å². The number of rotatable bonds is 5. The van der Waals surface area contributed by atoms with Gasteiger partial charge >= 0.3 is 0 Å². The van der Waals surface area contributed by atoms with E-state index in [1.165, 1.54) is 12.1 Å². The van der Waals surface area contributed by atoms with Gasteiger partial charge in [-0.15, -0.1) is 0 Å². The number of imidazole rings is 2. The normalized spacial score (nSPS) is 11.1. The molecular weight excluding hydrogens is 437 g/mol. The Morgan fingerprint density at radius 3 is 1.94 bits per heavy atom. The first-order valence-electron chi connectivity index (χ1n) is 11.4. The maximum Gasteiger partial charge on any atom is 0.220 e. The zero-order chi connectivity index (χ0) is 23.8. The average Bonchev–Trinajstić information content (AvgIpc) is 3.47. The molecule has 35 heavy (non-hydrogen) atoms. The van der Waals surface area contributed by atoms with Gasteiger partial charge in [-0.25, -0.2) is 9.37 Å². The number of aromatic nitrogens is 3. The van der Waals surface area contributed by atoms with Crippen LogP contribution in [0.5, 0.6) is 5.75 Å². The standard InChI is InChI=1S/C30H22FN3O/c1-35-26-18-12-21(13-19-26)27-20-33-29(23-10-6-3-7-11-23)28(22-8-4-2-5-9-22)32-30(33)34(27)25-16-14-24(31)15-17-25/h2-20H,1H3. The average molecular weight is 460 g/mol. The fourth-order valence-corrected chi connectivity index (χ4v) is 4.47. The molecule has 2 heterocycles. The summed E-state index contributed by atoms with van der Waals surface area (Å²) in [7, 11) is 1.65. The van der Waals surface area contributed by atoms with Crippen LogP contribution in [0, 0.1) is 5.82 Å². The van der Waals surface area contributed by atoms with Crippen molar-refractivity contribution in [3.05, 3.63) is 121 Å². The van der Waals surface area contributed by atoms with Crippen LogP contribution in [-0.2, 0) is 0 Å². The number of hydrogen-bond acceptors (Lipinski definition) is 2. The molecule has 5 heteroatoms. The third-order valence-corrected chi connectivity index (χ3v) is 6.15. The van der Waals surface area contributed by atoms with Gasteiger partial charge in [0.05, 0.1) is 24.2 Å². The molecule has 0 saturated carbocycles. The highest BCUT2D eigenvalue weighted by Gasteiger charge is 2.22. The highest BCUT2D eigenvalue weighted by Crippen LogP contribution is 2.37. The number of methoxy groups -OCH3 is 1. The van der Waals surface area contributed by atoms with E-state index in [4.69, 9.17) is 9.72 Å². The van der Waals surface area contributed by atoms with E-state index in [1.54, 1.807) is 19.2 Å². The summed E-state index contributed by atoms with van der Waals surface area (Å²) in [6.45, 7) is 0. The van der Waals surface area contributed by atoms with Gasteiger partial charge < -0.3 is 4.74 Å². The molecule has 4 nitrogen and oxygen atoms in total. The van der Waals surface area contributed by atoms with E-state index in [0.29, 0.717) is 0 Å². The van der Waals surface area contributed by atoms with Crippen LogP contribution in [0.25, 0.3) is 45.2 Å². The molecule has 4 aromatic carbocycles. The minimum Gasteiger partial charge on any atom is -0.497 e. The van der Waals surface area contributed by atoms with E-state index in [9.17, 15) is 4.39 Å². The Morgan fingerprint density at radius 1 is 0.686 bits per heavy atom. The van der Waals surface area contributed by atoms with Crippen LogP contribution in [0.4, 0.5) is 4.39 Å². The summed E-state index contributed by atoms with van der Waals surface area (Å²) >= 11 is 0. The Labute approximate surface area is 202 Å². The zero-order valence-corrected chi connectivity index (χ0v) is 19.1. The summed E-state index contributed by atoms with van der Waals surface area (Å²) in [5.41, 5.74) is 6.77. The lowest BCUT2D eigenvalue weighted by atomic mass is 10.0. The van der Waals surface area contributed by atoms with Crippen molar-refractivity contribution in [2.24, 2.45) is 0 Å². The minimum absolute atomic E-state index is 0.277. The molecule has 6 rings (SSSR count). The molecule has 0 fully saturated rings. The molecule has 2 aromatic heterocycles. The van der Waals surface area contributed by atoms with Crippen LogP contribution in [-0.4, -0.2) is 21.1 Å². The molecule has 0 radical (unpaired) electrons. The van der Waals surface area contributed by atoms with Crippen molar-refractivity contribution >= 4 is 5.78 Å². The van der Waals surface area contributed by atoms with E-state index < -0.39 is 0 Å². The van der Waals surface area contributed by atoms with E-state index >= 15 is 0 Å². The van der Waals surface area contributed by atoms with Crippen molar-refractivity contribution < 1.29 is 9.13 Å². The maximum absolute atomic E-state index is 13.8. The van der Waals surface area contributed by atoms with Gasteiger partial charge in [0.2, 0.25) is 5.78 Å². The van der Waals surface area contributed by atoms with Crippen LogP contribution in [0.2, 0.25) is 0 Å². The molecular formula is C30H22FN3O. The van der Waals surface area contributed by atoms with Gasteiger partial charge in [0.1, 0.15) is 11.6 Å². The van der Waals surface area contributed by atoms with Crippen molar-refractivity contribution in [2.45, 2.75) is 0 Å². The van der Waals surface area contributed by atoms with Crippen LogP contribution in [0.3, 0.4) is 0 Å². The lowest BCUT2D eigenvalue weighted by molar-refractivity contribution is 0.415. The number of hydrogen-bond donors (Lipinski definition) is 0. The number of fused-ring (bicyclic) bond motifs is 1. The molecule has 6 aromatic rings. The molecule has 0 amide bonds. The van der Waals surface area contributed by atoms with Gasteiger partial charge in [-0.1, -0.05) is 60.7 Å². The van der Waals surface area contributed by atoms with Crippen LogP contribution < -0.4 is 4.74 Å². The smallest absolute Gasteiger partial charge is 0.220 e. The highest BCUT2D eigenvalue weighted by molar-refractivity contribution is 5.83. The molecule has 0 bridgehead atoms. The van der Waals surface area contributed by atoms with Crippen molar-refractivity contribution in [2.75, 3.05) is 7.11 Å². The van der Waals surface area contributed by atoms with Crippen molar-refractivity contribution in [3.63, 3.8) is 0 Å². The Kier molecular flexibility index (Phi) is 5.15. The zero-order valence-electron chi connectivity index (χ0n) is 19.1. The van der Waals surface area contributed by atoms with Crippen molar-refractivity contribution in [1.82, 2.24) is 14.0 Å². The third kappa shape index (κ3) is 3.67. The molecule has 0 saturated heterocycles. The van der Waals surface area contributed by atoms with Gasteiger partial charge in [0.25, 0.3) is 0 Å². The third-order valence-electron chi connectivity index (χ3n) is 6.15. The van der Waals surface area contributed by atoms with Gasteiger partial charge in [0, 0.05) is 28.6 Å². The van der Waals surface area contributed by atoms with E-state index in [2.05, 4.69) is 39.4 Å². The second-order valence-corrected chi connectivity index (χ2v) is 8.27. The Morgan fingerprint density at radius 2 is 1.31 bits per heavy atom. The molecule has 0 aliphatic carbocycles. The van der Waals surface area contributed by atoms with Crippen LogP contribution >= 0.6 is 0 Å². The summed E-state index contributed by atoms with van der Waals surface area (Å²) in [4.78, 5) is 5.15. The molecule has 0 N–H and O–H groups in total. The maximum atomic E-state index is 13.8. The topological polar surface area (TPSA) is 31.5 Å². The first-order chi connectivity index (χ1) is 17.2. The Bertz CT molecular complexity index is 1600. The molecule has 0 unspecified atom stereocenters. The predicted molar refractivity (Wildman–Crippen MR) is 137 cm³/mol. The second kappa shape index (κ2) is 8.61. The summed E-state index contributed by atoms with van der Waals surface area (Å²) in [6, 6.07) is 34.9. The molecule has 0 aliphatic heterocycles. The van der Waals surface area contributed by atoms with Gasteiger partial charge in [-0.05, 0) is 48.5 Å². The highest BCUT2D eigenvalue weighted by atomic mass is 19.1. The van der Waals surface area contributed by atoms with Crippen LogP contribution in [0.1, 0.15) is 0 Å². The second-order valence-electron chi connectivity index (χ2n) is 8.27. The van der Waals surface area contributed by atoms with Crippen molar-refractivity contribution in [3.8, 4) is 45.2 Å². The van der Waals surface area contributed by atoms with E-state index in [1.807, 2.05) is 60.7 Å². The number of benzene rings is 4. The quantitative estimate of drug-likeness (QED) is 0.271. The summed E-state index contributed by atoms with van der Waals surface area (Å²) in [5, 5.41) is 0. The first kappa shape index (κ1) is 20.9. The molecule has 0 aliphatic rings. The van der Waals surface area contributed by atoms with E-state index in [-0.39, 0.29) is 5.82 Å². The monoisotopic (exact) mass is 459 g/mol. The fourth-order valence-electron chi connectivity index (χ4n) is 4.47. The number of halogens is 1. The van der Waals surface area contributed by atoms with Gasteiger partial charge in [0.15, 0.2) is 0 Å². The Balaban J connectivity index is 1.69. The predicted octanol–water partition coefficient (Wildman–Crippen LogP) is 7.27. The summed E-state index contributed by atoms with van der Waals surface area (Å²) in [5.74, 6) is 1.26. The fraction of sp³-hybridized carbons (Fsp3) is 0.0333. The first-order valence-corrected chi connectivity index (χ1v) is 11.4. The minimum atomic E-state index is -0.277.